The normalized spacial score (nSPS) is 18.1. The van der Waals surface area contributed by atoms with Crippen molar-refractivity contribution < 1.29 is 19.0 Å². The topological polar surface area (TPSA) is 69.5 Å². The number of hydrogen-bond acceptors (Lipinski definition) is 6. The summed E-state index contributed by atoms with van der Waals surface area (Å²) in [7, 11) is 0. The Balaban J connectivity index is 1.33. The molecular formula is C26H24N2O4. The molecule has 0 unspecified atom stereocenters. The third kappa shape index (κ3) is 5.55. The smallest absolute Gasteiger partial charge is 0.338 e. The molecule has 1 saturated heterocycles. The van der Waals surface area contributed by atoms with Gasteiger partial charge in [0.15, 0.2) is 12.6 Å². The van der Waals surface area contributed by atoms with Gasteiger partial charge in [0.05, 0.1) is 23.5 Å². The fraction of sp³-hybridized carbons (Fsp3) is 0.192. The molecule has 3 aromatic rings. The van der Waals surface area contributed by atoms with Crippen LogP contribution in [0.4, 0.5) is 11.4 Å². The average Bonchev–Trinajstić information content (AvgIpc) is 2.81. The monoisotopic (exact) mass is 428 g/mol. The second kappa shape index (κ2) is 10.1. The van der Waals surface area contributed by atoms with Crippen LogP contribution in [-0.4, -0.2) is 31.3 Å². The molecule has 1 aliphatic heterocycles. The van der Waals surface area contributed by atoms with Crippen molar-refractivity contribution in [2.75, 3.05) is 6.61 Å². The maximum Gasteiger partial charge on any atom is 0.338 e. The molecule has 1 heterocycles. The first-order chi connectivity index (χ1) is 15.6. The van der Waals surface area contributed by atoms with Crippen molar-refractivity contribution in [1.29, 1.82) is 0 Å². The van der Waals surface area contributed by atoms with Gasteiger partial charge in [0, 0.05) is 18.0 Å². The van der Waals surface area contributed by atoms with Crippen LogP contribution in [0.25, 0.3) is 0 Å². The Kier molecular flexibility index (Phi) is 6.84. The molecule has 3 aromatic carbocycles. The number of carbonyl (C=O) groups excluding carboxylic acids is 1. The minimum Gasteiger partial charge on any atom is -0.462 e. The van der Waals surface area contributed by atoms with Gasteiger partial charge in [0.1, 0.15) is 0 Å². The highest BCUT2D eigenvalue weighted by Crippen LogP contribution is 2.32. The van der Waals surface area contributed by atoms with Gasteiger partial charge in [-0.1, -0.05) is 36.4 Å². The number of rotatable bonds is 7. The maximum atomic E-state index is 11.7. The van der Waals surface area contributed by atoms with E-state index in [1.165, 1.54) is 0 Å². The van der Waals surface area contributed by atoms with Crippen LogP contribution in [0, 0.1) is 0 Å². The predicted molar refractivity (Wildman–Crippen MR) is 124 cm³/mol. The molecule has 6 heteroatoms. The van der Waals surface area contributed by atoms with Crippen LogP contribution in [0.5, 0.6) is 0 Å². The van der Waals surface area contributed by atoms with E-state index in [4.69, 9.17) is 14.2 Å². The van der Waals surface area contributed by atoms with Crippen LogP contribution in [0.1, 0.15) is 47.2 Å². The second-order valence-electron chi connectivity index (χ2n) is 7.21. The largest absolute Gasteiger partial charge is 0.462 e. The average molecular weight is 428 g/mol. The summed E-state index contributed by atoms with van der Waals surface area (Å²) in [5.41, 5.74) is 5.09. The molecule has 0 bridgehead atoms. The zero-order chi connectivity index (χ0) is 22.3. The van der Waals surface area contributed by atoms with Crippen LogP contribution in [0.15, 0.2) is 82.8 Å². The van der Waals surface area contributed by atoms with Gasteiger partial charge in [-0.25, -0.2) is 4.79 Å². The first-order valence-corrected chi connectivity index (χ1v) is 10.5. The van der Waals surface area contributed by atoms with Gasteiger partial charge in [-0.05, 0) is 61.4 Å². The quantitative estimate of drug-likeness (QED) is 0.355. The molecule has 0 saturated carbocycles. The number of aliphatic imine (C=N–C) groups is 2. The molecule has 0 amide bonds. The van der Waals surface area contributed by atoms with Gasteiger partial charge >= 0.3 is 5.97 Å². The lowest BCUT2D eigenvalue weighted by atomic mass is 10.1. The third-order valence-corrected chi connectivity index (χ3v) is 4.84. The van der Waals surface area contributed by atoms with Crippen LogP contribution >= 0.6 is 0 Å². The van der Waals surface area contributed by atoms with E-state index in [9.17, 15) is 4.79 Å². The SMILES string of the molecule is CCOC(=O)c1ccc(/N=C/c2ccc(/C=N/c3ccc(C4OC(C)O4)cc3)cc2)cc1. The van der Waals surface area contributed by atoms with Crippen molar-refractivity contribution in [1.82, 2.24) is 0 Å². The zero-order valence-corrected chi connectivity index (χ0v) is 18.0. The van der Waals surface area contributed by atoms with Crippen LogP contribution < -0.4 is 0 Å². The molecule has 0 aliphatic carbocycles. The standard InChI is InChI=1S/C26H24N2O4/c1-3-30-25(29)21-8-12-23(13-9-21)27-16-19-4-6-20(7-5-19)17-28-24-14-10-22(11-15-24)26-31-18(2)32-26/h4-18,26H,3H2,1-2H3/b27-16+,28-17+. The molecule has 0 radical (unpaired) electrons. The van der Waals surface area contributed by atoms with Crippen molar-refractivity contribution in [2.45, 2.75) is 26.4 Å². The summed E-state index contributed by atoms with van der Waals surface area (Å²) in [6.07, 6.45) is 3.20. The first kappa shape index (κ1) is 21.6. The summed E-state index contributed by atoms with van der Waals surface area (Å²) in [6, 6.07) is 22.7. The van der Waals surface area contributed by atoms with Gasteiger partial charge < -0.3 is 14.2 Å². The van der Waals surface area contributed by atoms with Crippen LogP contribution in [0.3, 0.4) is 0 Å². The summed E-state index contributed by atoms with van der Waals surface area (Å²) in [4.78, 5) is 20.7. The van der Waals surface area contributed by atoms with Crippen molar-refractivity contribution >= 4 is 29.8 Å². The molecule has 6 nitrogen and oxygen atoms in total. The molecule has 0 N–H and O–H groups in total. The van der Waals surface area contributed by atoms with Gasteiger partial charge in [-0.2, -0.15) is 0 Å². The number of esters is 1. The summed E-state index contributed by atoms with van der Waals surface area (Å²) in [5.74, 6) is -0.327. The molecule has 0 atom stereocenters. The van der Waals surface area contributed by atoms with Crippen molar-refractivity contribution in [3.8, 4) is 0 Å². The number of benzene rings is 3. The number of carbonyl (C=O) groups is 1. The highest BCUT2D eigenvalue weighted by Gasteiger charge is 2.28. The molecule has 162 valence electrons. The summed E-state index contributed by atoms with van der Waals surface area (Å²) >= 11 is 0. The molecule has 0 aromatic heterocycles. The van der Waals surface area contributed by atoms with Crippen molar-refractivity contribution in [3.05, 3.63) is 95.1 Å². The molecule has 1 fully saturated rings. The predicted octanol–water partition coefficient (Wildman–Crippen LogP) is 5.76. The Morgan fingerprint density at radius 3 is 1.81 bits per heavy atom. The van der Waals surface area contributed by atoms with E-state index in [-0.39, 0.29) is 18.5 Å². The first-order valence-electron chi connectivity index (χ1n) is 10.5. The minimum absolute atomic E-state index is 0.136. The number of nitrogens with zero attached hydrogens (tertiary/aromatic N) is 2. The lowest BCUT2D eigenvalue weighted by Crippen LogP contribution is -2.31. The van der Waals surface area contributed by atoms with Gasteiger partial charge in [0.2, 0.25) is 0 Å². The summed E-state index contributed by atoms with van der Waals surface area (Å²) in [6.45, 7) is 4.01. The molecule has 1 aliphatic rings. The fourth-order valence-corrected chi connectivity index (χ4v) is 3.10. The molecule has 0 spiro atoms. The zero-order valence-electron chi connectivity index (χ0n) is 18.0. The second-order valence-corrected chi connectivity index (χ2v) is 7.21. The van der Waals surface area contributed by atoms with E-state index in [1.54, 1.807) is 37.4 Å². The highest BCUT2D eigenvalue weighted by atomic mass is 16.9. The Bertz CT molecular complexity index is 1100. The Hall–Kier alpha value is -3.61. The van der Waals surface area contributed by atoms with E-state index in [1.807, 2.05) is 61.7 Å². The lowest BCUT2D eigenvalue weighted by molar-refractivity contribution is -0.382. The molecule has 32 heavy (non-hydrogen) atoms. The minimum atomic E-state index is -0.327. The van der Waals surface area contributed by atoms with Crippen LogP contribution in [-0.2, 0) is 14.2 Å². The van der Waals surface area contributed by atoms with E-state index in [0.717, 1.165) is 28.1 Å². The van der Waals surface area contributed by atoms with E-state index < -0.39 is 0 Å². The summed E-state index contributed by atoms with van der Waals surface area (Å²) < 4.78 is 16.0. The Morgan fingerprint density at radius 1 is 0.844 bits per heavy atom. The fourth-order valence-electron chi connectivity index (χ4n) is 3.10. The molecular weight excluding hydrogens is 404 g/mol. The van der Waals surface area contributed by atoms with Crippen LogP contribution in [0.2, 0.25) is 0 Å². The Labute approximate surface area is 187 Å². The Morgan fingerprint density at radius 2 is 1.34 bits per heavy atom. The van der Waals surface area contributed by atoms with E-state index in [2.05, 4.69) is 9.98 Å². The molecule has 4 rings (SSSR count). The van der Waals surface area contributed by atoms with Crippen molar-refractivity contribution in [2.24, 2.45) is 9.98 Å². The van der Waals surface area contributed by atoms with Gasteiger partial charge in [-0.3, -0.25) is 9.98 Å². The number of hydrogen-bond donors (Lipinski definition) is 0. The van der Waals surface area contributed by atoms with Gasteiger partial charge in [-0.15, -0.1) is 0 Å². The number of ether oxygens (including phenoxy) is 3. The van der Waals surface area contributed by atoms with Gasteiger partial charge in [0.25, 0.3) is 0 Å². The van der Waals surface area contributed by atoms with E-state index >= 15 is 0 Å². The maximum absolute atomic E-state index is 11.7. The lowest BCUT2D eigenvalue weighted by Gasteiger charge is -2.33. The summed E-state index contributed by atoms with van der Waals surface area (Å²) in [5, 5.41) is 0. The van der Waals surface area contributed by atoms with Crippen molar-refractivity contribution in [3.63, 3.8) is 0 Å². The van der Waals surface area contributed by atoms with E-state index in [0.29, 0.717) is 12.2 Å². The third-order valence-electron chi connectivity index (χ3n) is 4.84. The highest BCUT2D eigenvalue weighted by molar-refractivity contribution is 5.90.